The Bertz CT molecular complexity index is 1060. The summed E-state index contributed by atoms with van der Waals surface area (Å²) < 4.78 is 2.74. The molecule has 0 radical (unpaired) electrons. The highest BCUT2D eigenvalue weighted by molar-refractivity contribution is 9.10. The molecule has 3 aromatic rings. The fourth-order valence-electron chi connectivity index (χ4n) is 2.92. The van der Waals surface area contributed by atoms with Gasteiger partial charge in [0.2, 0.25) is 0 Å². The monoisotopic (exact) mass is 464 g/mol. The third-order valence-corrected chi connectivity index (χ3v) is 5.03. The third-order valence-electron chi connectivity index (χ3n) is 4.54. The Kier molecular flexibility index (Phi) is 7.36. The molecule has 0 bridgehead atoms. The zero-order valence-corrected chi connectivity index (χ0v) is 18.9. The van der Waals surface area contributed by atoms with Crippen molar-refractivity contribution in [3.63, 3.8) is 0 Å². The Morgan fingerprint density at radius 2 is 1.97 bits per heavy atom. The number of allylic oxidation sites excluding steroid dienone is 1. The van der Waals surface area contributed by atoms with Crippen LogP contribution in [0.4, 0.5) is 0 Å². The summed E-state index contributed by atoms with van der Waals surface area (Å²) in [7, 11) is 0. The highest BCUT2D eigenvalue weighted by atomic mass is 79.9. The highest BCUT2D eigenvalue weighted by Gasteiger charge is 2.08. The van der Waals surface area contributed by atoms with Crippen molar-refractivity contribution in [1.29, 1.82) is 0 Å². The second-order valence-electron chi connectivity index (χ2n) is 7.44. The van der Waals surface area contributed by atoms with Gasteiger partial charge >= 0.3 is 0 Å². The molecule has 0 spiro atoms. The van der Waals surface area contributed by atoms with Gasteiger partial charge < -0.3 is 0 Å². The van der Waals surface area contributed by atoms with Crippen molar-refractivity contribution >= 4 is 34.1 Å². The number of rotatable bonds is 7. The van der Waals surface area contributed by atoms with E-state index in [1.54, 1.807) is 23.2 Å². The predicted molar refractivity (Wildman–Crippen MR) is 126 cm³/mol. The number of hydrogen-bond donors (Lipinski definition) is 1. The van der Waals surface area contributed by atoms with Gasteiger partial charge in [-0.15, -0.1) is 0 Å². The van der Waals surface area contributed by atoms with Crippen LogP contribution in [-0.2, 0) is 6.54 Å². The van der Waals surface area contributed by atoms with Gasteiger partial charge in [-0.25, -0.2) is 5.43 Å². The Morgan fingerprint density at radius 3 is 2.67 bits per heavy atom. The van der Waals surface area contributed by atoms with E-state index in [0.717, 1.165) is 21.2 Å². The van der Waals surface area contributed by atoms with Crippen molar-refractivity contribution in [2.24, 2.45) is 5.10 Å². The molecule has 0 aliphatic carbocycles. The topological polar surface area (TPSA) is 59.3 Å². The summed E-state index contributed by atoms with van der Waals surface area (Å²) in [6.07, 6.45) is 5.44. The van der Waals surface area contributed by atoms with Gasteiger partial charge in [-0.3, -0.25) is 9.48 Å². The summed E-state index contributed by atoms with van der Waals surface area (Å²) in [5.41, 5.74) is 7.30. The van der Waals surface area contributed by atoms with Crippen molar-refractivity contribution in [3.8, 4) is 0 Å². The van der Waals surface area contributed by atoms with Crippen LogP contribution in [0.5, 0.6) is 0 Å². The molecule has 30 heavy (non-hydrogen) atoms. The molecule has 1 amide bonds. The SMILES string of the molecule is C/C(C=NNC(=O)c1ccn(Cc2cccc(Br)c2)n1)=C/c1ccc(C(C)C)cc1. The highest BCUT2D eigenvalue weighted by Crippen LogP contribution is 2.16. The molecule has 0 aliphatic heterocycles. The van der Waals surface area contributed by atoms with Crippen LogP contribution in [-0.4, -0.2) is 21.9 Å². The molecule has 1 heterocycles. The van der Waals surface area contributed by atoms with Gasteiger partial charge in [0.1, 0.15) is 0 Å². The van der Waals surface area contributed by atoms with E-state index in [9.17, 15) is 4.79 Å². The third kappa shape index (κ3) is 6.26. The molecule has 154 valence electrons. The maximum absolute atomic E-state index is 12.3. The molecule has 6 heteroatoms. The molecule has 5 nitrogen and oxygen atoms in total. The van der Waals surface area contributed by atoms with Crippen molar-refractivity contribution in [3.05, 3.63) is 93.2 Å². The molecule has 1 N–H and O–H groups in total. The minimum Gasteiger partial charge on any atom is -0.268 e. The molecule has 0 atom stereocenters. The number of aromatic nitrogens is 2. The van der Waals surface area contributed by atoms with E-state index in [4.69, 9.17) is 0 Å². The molecular formula is C24H25BrN4O. The van der Waals surface area contributed by atoms with Crippen LogP contribution in [0.1, 0.15) is 53.9 Å². The van der Waals surface area contributed by atoms with Gasteiger partial charge in [0.15, 0.2) is 5.69 Å². The van der Waals surface area contributed by atoms with Crippen LogP contribution in [0.2, 0.25) is 0 Å². The normalized spacial score (nSPS) is 12.0. The van der Waals surface area contributed by atoms with Crippen LogP contribution >= 0.6 is 15.9 Å². The quantitative estimate of drug-likeness (QED) is 0.363. The fraction of sp³-hybridized carbons (Fsp3) is 0.208. The molecule has 2 aromatic carbocycles. The van der Waals surface area contributed by atoms with E-state index in [0.29, 0.717) is 18.2 Å². The minimum atomic E-state index is -0.340. The standard InChI is InChI=1S/C24H25BrN4O/c1-17(2)21-9-7-19(8-10-21)13-18(3)15-26-27-24(30)23-11-12-29(28-23)16-20-5-4-6-22(25)14-20/h4-15,17H,16H2,1-3H3,(H,27,30)/b18-13-,26-15?. The second-order valence-corrected chi connectivity index (χ2v) is 8.35. The smallest absolute Gasteiger partial charge is 0.268 e. The van der Waals surface area contributed by atoms with Crippen LogP contribution in [0, 0.1) is 0 Å². The lowest BCUT2D eigenvalue weighted by Crippen LogP contribution is -2.18. The zero-order chi connectivity index (χ0) is 21.5. The summed E-state index contributed by atoms with van der Waals surface area (Å²) in [4.78, 5) is 12.3. The fourth-order valence-corrected chi connectivity index (χ4v) is 3.37. The van der Waals surface area contributed by atoms with Gasteiger partial charge in [0, 0.05) is 10.7 Å². The number of halogens is 1. The molecule has 0 saturated carbocycles. The number of hydrazone groups is 1. The number of carbonyl (C=O) groups is 1. The van der Waals surface area contributed by atoms with Crippen LogP contribution in [0.15, 0.2) is 75.9 Å². The summed E-state index contributed by atoms with van der Waals surface area (Å²) in [5, 5.41) is 8.37. The molecule has 3 rings (SSSR count). The summed E-state index contributed by atoms with van der Waals surface area (Å²) in [5.74, 6) is 0.173. The average molecular weight is 465 g/mol. The molecule has 1 aromatic heterocycles. The van der Waals surface area contributed by atoms with Crippen LogP contribution in [0.3, 0.4) is 0 Å². The van der Waals surface area contributed by atoms with Gasteiger partial charge in [-0.1, -0.05) is 72.3 Å². The first-order chi connectivity index (χ1) is 14.4. The number of benzene rings is 2. The van der Waals surface area contributed by atoms with Crippen molar-refractivity contribution in [2.45, 2.75) is 33.2 Å². The lowest BCUT2D eigenvalue weighted by Gasteiger charge is -2.05. The second kappa shape index (κ2) is 10.2. The van der Waals surface area contributed by atoms with Gasteiger partial charge in [-0.05, 0) is 53.3 Å². The number of carbonyl (C=O) groups excluding carboxylic acids is 1. The maximum atomic E-state index is 12.3. The van der Waals surface area contributed by atoms with Crippen molar-refractivity contribution in [1.82, 2.24) is 15.2 Å². The summed E-state index contributed by atoms with van der Waals surface area (Å²) in [6, 6.07) is 18.1. The Labute approximate surface area is 185 Å². The van der Waals surface area contributed by atoms with E-state index < -0.39 is 0 Å². The first kappa shape index (κ1) is 21.7. The largest absolute Gasteiger partial charge is 0.291 e. The van der Waals surface area contributed by atoms with Gasteiger partial charge in [-0.2, -0.15) is 10.2 Å². The molecular weight excluding hydrogens is 440 g/mol. The van der Waals surface area contributed by atoms with E-state index in [-0.39, 0.29) is 5.91 Å². The Hall–Kier alpha value is -2.99. The Balaban J connectivity index is 1.55. The van der Waals surface area contributed by atoms with E-state index in [1.807, 2.05) is 37.3 Å². The first-order valence-electron chi connectivity index (χ1n) is 9.80. The van der Waals surface area contributed by atoms with E-state index >= 15 is 0 Å². The number of nitrogens with one attached hydrogen (secondary N) is 1. The van der Waals surface area contributed by atoms with Crippen molar-refractivity contribution < 1.29 is 4.79 Å². The van der Waals surface area contributed by atoms with Crippen LogP contribution < -0.4 is 5.43 Å². The lowest BCUT2D eigenvalue weighted by molar-refractivity contribution is 0.0949. The molecule has 0 fully saturated rings. The average Bonchev–Trinajstić information content (AvgIpc) is 3.17. The van der Waals surface area contributed by atoms with Gasteiger partial charge in [0.05, 0.1) is 12.8 Å². The van der Waals surface area contributed by atoms with Crippen molar-refractivity contribution in [2.75, 3.05) is 0 Å². The summed E-state index contributed by atoms with van der Waals surface area (Å²) >= 11 is 3.46. The molecule has 0 saturated heterocycles. The van der Waals surface area contributed by atoms with E-state index in [1.165, 1.54) is 5.56 Å². The minimum absolute atomic E-state index is 0.327. The zero-order valence-electron chi connectivity index (χ0n) is 17.3. The van der Waals surface area contributed by atoms with Crippen LogP contribution in [0.25, 0.3) is 6.08 Å². The predicted octanol–water partition coefficient (Wildman–Crippen LogP) is 5.64. The number of amides is 1. The first-order valence-corrected chi connectivity index (χ1v) is 10.6. The maximum Gasteiger partial charge on any atom is 0.291 e. The lowest BCUT2D eigenvalue weighted by atomic mass is 10.0. The number of hydrogen-bond acceptors (Lipinski definition) is 3. The van der Waals surface area contributed by atoms with Gasteiger partial charge in [0.25, 0.3) is 5.91 Å². The molecule has 0 unspecified atom stereocenters. The summed E-state index contributed by atoms with van der Waals surface area (Å²) in [6.45, 7) is 6.89. The van der Waals surface area contributed by atoms with E-state index in [2.05, 4.69) is 69.7 Å². The molecule has 0 aliphatic rings. The Morgan fingerprint density at radius 1 is 1.20 bits per heavy atom. The number of nitrogens with zero attached hydrogens (tertiary/aromatic N) is 3.